The molecule has 0 saturated carbocycles. The van der Waals surface area contributed by atoms with Crippen LogP contribution in [0.4, 0.5) is 4.39 Å². The molecule has 0 saturated heterocycles. The monoisotopic (exact) mass is 368 g/mol. The SMILES string of the molecule is CCCCn1nc(-c2cc(C(=O)O)ccc2OC)cc1-c1cccc(F)c1. The van der Waals surface area contributed by atoms with Crippen molar-refractivity contribution < 1.29 is 19.0 Å². The molecule has 27 heavy (non-hydrogen) atoms. The number of unbranched alkanes of at least 4 members (excludes halogenated alkanes) is 1. The molecule has 1 N–H and O–H groups in total. The number of carboxylic acids is 1. The van der Waals surface area contributed by atoms with Crippen LogP contribution in [0.15, 0.2) is 48.5 Å². The van der Waals surface area contributed by atoms with Crippen LogP contribution >= 0.6 is 0 Å². The van der Waals surface area contributed by atoms with Gasteiger partial charge in [-0.25, -0.2) is 9.18 Å². The second-order valence-electron chi connectivity index (χ2n) is 6.22. The molecule has 0 aliphatic carbocycles. The van der Waals surface area contributed by atoms with E-state index in [-0.39, 0.29) is 11.4 Å². The summed E-state index contributed by atoms with van der Waals surface area (Å²) in [6, 6.07) is 12.9. The Kier molecular flexibility index (Phi) is 5.54. The van der Waals surface area contributed by atoms with E-state index < -0.39 is 5.97 Å². The molecule has 1 heterocycles. The van der Waals surface area contributed by atoms with Crippen LogP contribution < -0.4 is 4.74 Å². The second-order valence-corrected chi connectivity index (χ2v) is 6.22. The number of aromatic nitrogens is 2. The summed E-state index contributed by atoms with van der Waals surface area (Å²) in [6.45, 7) is 2.77. The van der Waals surface area contributed by atoms with E-state index in [9.17, 15) is 14.3 Å². The molecule has 0 unspecified atom stereocenters. The molecule has 0 radical (unpaired) electrons. The van der Waals surface area contributed by atoms with Gasteiger partial charge in [0.05, 0.1) is 24.1 Å². The molecule has 140 valence electrons. The van der Waals surface area contributed by atoms with Gasteiger partial charge < -0.3 is 9.84 Å². The Hall–Kier alpha value is -3.15. The van der Waals surface area contributed by atoms with Gasteiger partial charge in [-0.05, 0) is 42.8 Å². The summed E-state index contributed by atoms with van der Waals surface area (Å²) in [7, 11) is 1.53. The zero-order valence-electron chi connectivity index (χ0n) is 15.3. The molecule has 1 aromatic heterocycles. The van der Waals surface area contributed by atoms with Gasteiger partial charge in [0.2, 0.25) is 0 Å². The van der Waals surface area contributed by atoms with Crippen LogP contribution in [0, 0.1) is 5.82 Å². The van der Waals surface area contributed by atoms with Crippen molar-refractivity contribution in [2.75, 3.05) is 7.11 Å². The molecule has 0 amide bonds. The molecule has 0 spiro atoms. The lowest BCUT2D eigenvalue weighted by Gasteiger charge is -2.07. The number of carbonyl (C=O) groups is 1. The number of hydrogen-bond acceptors (Lipinski definition) is 3. The topological polar surface area (TPSA) is 64.4 Å². The molecule has 0 aliphatic rings. The first-order valence-corrected chi connectivity index (χ1v) is 8.79. The second kappa shape index (κ2) is 8.03. The largest absolute Gasteiger partial charge is 0.496 e. The van der Waals surface area contributed by atoms with Crippen LogP contribution in [0.25, 0.3) is 22.5 Å². The fourth-order valence-electron chi connectivity index (χ4n) is 2.95. The summed E-state index contributed by atoms with van der Waals surface area (Å²) in [5.74, 6) is -0.802. The van der Waals surface area contributed by atoms with Crippen molar-refractivity contribution in [1.82, 2.24) is 9.78 Å². The highest BCUT2D eigenvalue weighted by Crippen LogP contribution is 2.33. The lowest BCUT2D eigenvalue weighted by Crippen LogP contribution is -2.03. The summed E-state index contributed by atoms with van der Waals surface area (Å²) in [5.41, 5.74) is 2.83. The number of halogens is 1. The van der Waals surface area contributed by atoms with Gasteiger partial charge in [0, 0.05) is 17.7 Å². The number of methoxy groups -OCH3 is 1. The Morgan fingerprint density at radius 1 is 1.22 bits per heavy atom. The average molecular weight is 368 g/mol. The highest BCUT2D eigenvalue weighted by molar-refractivity contribution is 5.90. The summed E-state index contributed by atoms with van der Waals surface area (Å²) < 4.78 is 20.9. The van der Waals surface area contributed by atoms with E-state index in [1.54, 1.807) is 18.2 Å². The Morgan fingerprint density at radius 2 is 2.04 bits per heavy atom. The van der Waals surface area contributed by atoms with Gasteiger partial charge in [-0.1, -0.05) is 25.5 Å². The maximum absolute atomic E-state index is 13.7. The predicted molar refractivity (Wildman–Crippen MR) is 101 cm³/mol. The maximum Gasteiger partial charge on any atom is 0.335 e. The summed E-state index contributed by atoms with van der Waals surface area (Å²) in [6.07, 6.45) is 1.92. The van der Waals surface area contributed by atoms with Gasteiger partial charge in [0.25, 0.3) is 0 Å². The van der Waals surface area contributed by atoms with E-state index in [1.165, 1.54) is 25.3 Å². The third-order valence-corrected chi connectivity index (χ3v) is 4.35. The first-order chi connectivity index (χ1) is 13.0. The summed E-state index contributed by atoms with van der Waals surface area (Å²) in [4.78, 5) is 11.3. The van der Waals surface area contributed by atoms with E-state index in [1.807, 2.05) is 16.8 Å². The van der Waals surface area contributed by atoms with Gasteiger partial charge in [0.15, 0.2) is 0 Å². The number of carboxylic acid groups (broad SMARTS) is 1. The highest BCUT2D eigenvalue weighted by atomic mass is 19.1. The van der Waals surface area contributed by atoms with Crippen molar-refractivity contribution >= 4 is 5.97 Å². The van der Waals surface area contributed by atoms with Crippen LogP contribution in [0.5, 0.6) is 5.75 Å². The van der Waals surface area contributed by atoms with Crippen LogP contribution in [0.1, 0.15) is 30.1 Å². The minimum Gasteiger partial charge on any atom is -0.496 e. The van der Waals surface area contributed by atoms with Crippen molar-refractivity contribution in [2.24, 2.45) is 0 Å². The molecule has 2 aromatic carbocycles. The summed E-state index contributed by atoms with van der Waals surface area (Å²) >= 11 is 0. The van der Waals surface area contributed by atoms with Crippen molar-refractivity contribution in [3.05, 3.63) is 59.9 Å². The number of rotatable bonds is 7. The van der Waals surface area contributed by atoms with E-state index in [4.69, 9.17) is 4.74 Å². The minimum absolute atomic E-state index is 0.154. The Bertz CT molecular complexity index is 966. The molecular weight excluding hydrogens is 347 g/mol. The lowest BCUT2D eigenvalue weighted by atomic mass is 10.1. The highest BCUT2D eigenvalue weighted by Gasteiger charge is 2.17. The Labute approximate surface area is 157 Å². The smallest absolute Gasteiger partial charge is 0.335 e. The van der Waals surface area contributed by atoms with Crippen LogP contribution in [-0.2, 0) is 6.54 Å². The van der Waals surface area contributed by atoms with E-state index in [0.29, 0.717) is 23.6 Å². The molecular formula is C21H21FN2O3. The van der Waals surface area contributed by atoms with Gasteiger partial charge in [-0.3, -0.25) is 4.68 Å². The fourth-order valence-corrected chi connectivity index (χ4v) is 2.95. The third-order valence-electron chi connectivity index (χ3n) is 4.35. The normalized spacial score (nSPS) is 10.8. The van der Waals surface area contributed by atoms with Crippen molar-refractivity contribution in [2.45, 2.75) is 26.3 Å². The molecule has 0 aliphatic heterocycles. The standard InChI is InChI=1S/C21H21FN2O3/c1-3-4-10-24-19(14-6-5-7-16(22)11-14)13-18(23-24)17-12-15(21(25)26)8-9-20(17)27-2/h5-9,11-13H,3-4,10H2,1-2H3,(H,25,26). The van der Waals surface area contributed by atoms with Crippen molar-refractivity contribution in [3.63, 3.8) is 0 Å². The number of aryl methyl sites for hydroxylation is 1. The molecule has 3 aromatic rings. The number of aromatic carboxylic acids is 1. The third kappa shape index (κ3) is 4.00. The van der Waals surface area contributed by atoms with Crippen LogP contribution in [-0.4, -0.2) is 28.0 Å². The van der Waals surface area contributed by atoms with Crippen molar-refractivity contribution in [3.8, 4) is 28.3 Å². The molecule has 5 nitrogen and oxygen atoms in total. The first kappa shape index (κ1) is 18.6. The van der Waals surface area contributed by atoms with Gasteiger partial charge in [-0.15, -0.1) is 0 Å². The van der Waals surface area contributed by atoms with E-state index in [2.05, 4.69) is 12.0 Å². The van der Waals surface area contributed by atoms with E-state index in [0.717, 1.165) is 24.1 Å². The molecule has 0 fully saturated rings. The number of ether oxygens (including phenoxy) is 1. The average Bonchev–Trinajstić information content (AvgIpc) is 3.09. The maximum atomic E-state index is 13.7. The Morgan fingerprint density at radius 3 is 2.70 bits per heavy atom. The van der Waals surface area contributed by atoms with Gasteiger partial charge >= 0.3 is 5.97 Å². The number of benzene rings is 2. The first-order valence-electron chi connectivity index (χ1n) is 8.79. The van der Waals surface area contributed by atoms with Gasteiger partial charge in [-0.2, -0.15) is 5.10 Å². The zero-order chi connectivity index (χ0) is 19.4. The predicted octanol–water partition coefficient (Wildman–Crippen LogP) is 4.86. The quantitative estimate of drug-likeness (QED) is 0.647. The number of hydrogen-bond donors (Lipinski definition) is 1. The fraction of sp³-hybridized carbons (Fsp3) is 0.238. The molecule has 6 heteroatoms. The molecule has 3 rings (SSSR count). The zero-order valence-corrected chi connectivity index (χ0v) is 15.3. The van der Waals surface area contributed by atoms with Gasteiger partial charge in [0.1, 0.15) is 11.6 Å². The molecule has 0 atom stereocenters. The number of nitrogens with zero attached hydrogens (tertiary/aromatic N) is 2. The van der Waals surface area contributed by atoms with Crippen LogP contribution in [0.3, 0.4) is 0 Å². The minimum atomic E-state index is -1.02. The molecule has 0 bridgehead atoms. The lowest BCUT2D eigenvalue weighted by molar-refractivity contribution is 0.0697. The summed E-state index contributed by atoms with van der Waals surface area (Å²) in [5, 5.41) is 14.0. The van der Waals surface area contributed by atoms with Crippen molar-refractivity contribution in [1.29, 1.82) is 0 Å². The van der Waals surface area contributed by atoms with Crippen LogP contribution in [0.2, 0.25) is 0 Å². The van der Waals surface area contributed by atoms with E-state index >= 15 is 0 Å². The Balaban J connectivity index is 2.14.